The van der Waals surface area contributed by atoms with Crippen LogP contribution in [0.2, 0.25) is 5.02 Å². The number of halogens is 1. The molecule has 1 aliphatic rings. The largest absolute Gasteiger partial charge is 0.492 e. The summed E-state index contributed by atoms with van der Waals surface area (Å²) in [6.07, 6.45) is 3.05. The van der Waals surface area contributed by atoms with E-state index in [1.165, 1.54) is 16.7 Å². The molecule has 0 saturated carbocycles. The summed E-state index contributed by atoms with van der Waals surface area (Å²) in [6, 6.07) is 27.7. The van der Waals surface area contributed by atoms with Crippen LogP contribution in [0.5, 0.6) is 5.75 Å². The maximum atomic E-state index is 8.55. The molecule has 1 aliphatic heterocycles. The minimum absolute atomic E-state index is 0.236. The van der Waals surface area contributed by atoms with Gasteiger partial charge in [-0.2, -0.15) is 0 Å². The van der Waals surface area contributed by atoms with E-state index in [4.69, 9.17) is 21.5 Å². The van der Waals surface area contributed by atoms with E-state index in [0.717, 1.165) is 69.3 Å². The molecule has 1 fully saturated rings. The van der Waals surface area contributed by atoms with Crippen molar-refractivity contribution in [3.05, 3.63) is 101 Å². The summed E-state index contributed by atoms with van der Waals surface area (Å²) in [7, 11) is 0. The van der Waals surface area contributed by atoms with Gasteiger partial charge in [-0.25, -0.2) is 5.43 Å². The normalized spacial score (nSPS) is 15.6. The average Bonchev–Trinajstić information content (AvgIpc) is 2.92. The number of hydrazine groups is 1. The molecule has 3 N–H and O–H groups in total. The Balaban J connectivity index is 1.25. The van der Waals surface area contributed by atoms with Crippen LogP contribution in [0, 0.1) is 0 Å². The summed E-state index contributed by atoms with van der Waals surface area (Å²) < 4.78 is 6.10. The molecule has 0 radical (unpaired) electrons. The number of hydrogen-bond donors (Lipinski definition) is 3. The highest BCUT2D eigenvalue weighted by Gasteiger charge is 2.26. The Kier molecular flexibility index (Phi) is 10.6. The van der Waals surface area contributed by atoms with Crippen molar-refractivity contribution in [2.75, 3.05) is 45.9 Å². The molecule has 0 unspecified atom stereocenters. The fourth-order valence-electron chi connectivity index (χ4n) is 4.82. The molecular weight excluding hydrogens is 472 g/mol. The van der Waals surface area contributed by atoms with Gasteiger partial charge in [0.2, 0.25) is 0 Å². The Morgan fingerprint density at radius 2 is 1.61 bits per heavy atom. The van der Waals surface area contributed by atoms with E-state index in [-0.39, 0.29) is 6.04 Å². The Labute approximate surface area is 219 Å². The van der Waals surface area contributed by atoms with Crippen molar-refractivity contribution in [1.29, 1.82) is 0 Å². The molecule has 0 aliphatic carbocycles. The lowest BCUT2D eigenvalue weighted by Crippen LogP contribution is -2.48. The predicted octanol–water partition coefficient (Wildman–Crippen LogP) is 4.93. The van der Waals surface area contributed by atoms with Crippen molar-refractivity contribution in [1.82, 2.24) is 20.8 Å². The Bertz CT molecular complexity index is 1030. The lowest BCUT2D eigenvalue weighted by atomic mass is 9.96. The van der Waals surface area contributed by atoms with Gasteiger partial charge in [0.1, 0.15) is 12.4 Å². The van der Waals surface area contributed by atoms with Crippen LogP contribution in [0.15, 0.2) is 78.9 Å². The molecule has 6 nitrogen and oxygen atoms in total. The number of rotatable bonds is 13. The van der Waals surface area contributed by atoms with Gasteiger partial charge in [0.25, 0.3) is 0 Å². The molecule has 192 valence electrons. The number of ether oxygens (including phenoxy) is 1. The van der Waals surface area contributed by atoms with Gasteiger partial charge in [0.15, 0.2) is 0 Å². The van der Waals surface area contributed by atoms with Crippen molar-refractivity contribution in [2.45, 2.75) is 25.3 Å². The first-order chi connectivity index (χ1) is 17.7. The molecule has 0 bridgehead atoms. The molecule has 1 saturated heterocycles. The number of unbranched alkanes of at least 4 members (excludes halogenated alkanes) is 1. The quantitative estimate of drug-likeness (QED) is 0.225. The summed E-state index contributed by atoms with van der Waals surface area (Å²) in [5, 5.41) is 9.32. The lowest BCUT2D eigenvalue weighted by molar-refractivity contribution is 0.0977. The fourth-order valence-corrected chi connectivity index (χ4v) is 4.95. The third-order valence-electron chi connectivity index (χ3n) is 6.74. The van der Waals surface area contributed by atoms with Gasteiger partial charge in [-0.15, -0.1) is 5.59 Å². The zero-order valence-electron chi connectivity index (χ0n) is 20.8. The Morgan fingerprint density at radius 1 is 0.861 bits per heavy atom. The zero-order chi connectivity index (χ0) is 25.0. The van der Waals surface area contributed by atoms with Gasteiger partial charge < -0.3 is 9.94 Å². The van der Waals surface area contributed by atoms with Crippen LogP contribution in [-0.2, 0) is 6.42 Å². The van der Waals surface area contributed by atoms with Crippen LogP contribution in [0.4, 0.5) is 0 Å². The molecule has 3 aromatic rings. The van der Waals surface area contributed by atoms with Crippen molar-refractivity contribution < 1.29 is 9.94 Å². The van der Waals surface area contributed by atoms with Gasteiger partial charge in [-0.3, -0.25) is 9.80 Å². The maximum Gasteiger partial charge on any atom is 0.119 e. The highest BCUT2D eigenvalue weighted by Crippen LogP contribution is 2.30. The molecule has 1 heterocycles. The Morgan fingerprint density at radius 3 is 2.36 bits per heavy atom. The second kappa shape index (κ2) is 14.3. The number of hydrogen-bond acceptors (Lipinski definition) is 6. The van der Waals surface area contributed by atoms with E-state index in [1.54, 1.807) is 0 Å². The van der Waals surface area contributed by atoms with E-state index in [1.807, 2.05) is 23.8 Å². The van der Waals surface area contributed by atoms with Crippen molar-refractivity contribution >= 4 is 11.6 Å². The van der Waals surface area contributed by atoms with E-state index >= 15 is 0 Å². The highest BCUT2D eigenvalue weighted by molar-refractivity contribution is 6.30. The lowest BCUT2D eigenvalue weighted by Gasteiger charge is -2.39. The first kappa shape index (κ1) is 26.6. The maximum absolute atomic E-state index is 8.55. The standard InChI is InChI=1S/C29H37ClN4O2/c30-27-14-12-26(13-15-27)29(25-9-2-1-3-10-25)34-19-17-33(18-20-34)21-22-36-28-11-6-8-24(23-28)7-4-5-16-31-32-35/h1-3,6,8-15,23,29,31-32,35H,4-5,7,16-22H2/t29-/m1/s1. The molecule has 36 heavy (non-hydrogen) atoms. The minimum Gasteiger partial charge on any atom is -0.492 e. The summed E-state index contributed by atoms with van der Waals surface area (Å²) in [5.74, 6) is 0.938. The number of piperazine rings is 1. The summed E-state index contributed by atoms with van der Waals surface area (Å²) in [5.41, 5.74) is 8.55. The molecular formula is C29H37ClN4O2. The molecule has 0 spiro atoms. The highest BCUT2D eigenvalue weighted by atomic mass is 35.5. The van der Waals surface area contributed by atoms with Gasteiger partial charge >= 0.3 is 0 Å². The third kappa shape index (κ3) is 8.03. The first-order valence-corrected chi connectivity index (χ1v) is 13.2. The van der Waals surface area contributed by atoms with Gasteiger partial charge in [-0.05, 0) is 60.2 Å². The monoisotopic (exact) mass is 508 g/mol. The number of aryl methyl sites for hydroxylation is 1. The fraction of sp³-hybridized carbons (Fsp3) is 0.379. The zero-order valence-corrected chi connectivity index (χ0v) is 21.5. The van der Waals surface area contributed by atoms with Crippen molar-refractivity contribution in [3.63, 3.8) is 0 Å². The smallest absolute Gasteiger partial charge is 0.119 e. The van der Waals surface area contributed by atoms with Crippen molar-refractivity contribution in [2.24, 2.45) is 0 Å². The first-order valence-electron chi connectivity index (χ1n) is 12.8. The molecule has 3 aromatic carbocycles. The molecule has 0 amide bonds. The van der Waals surface area contributed by atoms with E-state index in [0.29, 0.717) is 6.61 Å². The number of benzene rings is 3. The van der Waals surface area contributed by atoms with E-state index < -0.39 is 0 Å². The predicted molar refractivity (Wildman–Crippen MR) is 146 cm³/mol. The summed E-state index contributed by atoms with van der Waals surface area (Å²) >= 11 is 6.16. The molecule has 0 aromatic heterocycles. The van der Waals surface area contributed by atoms with Crippen LogP contribution >= 0.6 is 11.6 Å². The SMILES string of the molecule is ONNCCCCc1cccc(OCCN2CCN([C@H](c3ccccc3)c3ccc(Cl)cc3)CC2)c1. The molecule has 4 rings (SSSR count). The van der Waals surface area contributed by atoms with Crippen LogP contribution in [0.1, 0.15) is 35.6 Å². The summed E-state index contributed by atoms with van der Waals surface area (Å²) in [4.78, 5) is 5.07. The van der Waals surface area contributed by atoms with Gasteiger partial charge in [-0.1, -0.05) is 66.2 Å². The van der Waals surface area contributed by atoms with Gasteiger partial charge in [0, 0.05) is 44.3 Å². The Hall–Kier alpha value is -2.45. The average molecular weight is 509 g/mol. The topological polar surface area (TPSA) is 60.0 Å². The summed E-state index contributed by atoms with van der Waals surface area (Å²) in [6.45, 7) is 6.43. The minimum atomic E-state index is 0.236. The molecule has 7 heteroatoms. The molecule has 1 atom stereocenters. The van der Waals surface area contributed by atoms with Crippen LogP contribution in [0.3, 0.4) is 0 Å². The van der Waals surface area contributed by atoms with Gasteiger partial charge in [0.05, 0.1) is 6.04 Å². The number of nitrogens with one attached hydrogen (secondary N) is 2. The van der Waals surface area contributed by atoms with Crippen LogP contribution in [-0.4, -0.2) is 60.9 Å². The third-order valence-corrected chi connectivity index (χ3v) is 7.00. The number of nitrogens with zero attached hydrogens (tertiary/aromatic N) is 2. The van der Waals surface area contributed by atoms with Crippen LogP contribution < -0.4 is 15.8 Å². The second-order valence-corrected chi connectivity index (χ2v) is 9.67. The van der Waals surface area contributed by atoms with Crippen LogP contribution in [0.25, 0.3) is 0 Å². The van der Waals surface area contributed by atoms with E-state index in [2.05, 4.69) is 75.9 Å². The van der Waals surface area contributed by atoms with E-state index in [9.17, 15) is 0 Å². The second-order valence-electron chi connectivity index (χ2n) is 9.23. The van der Waals surface area contributed by atoms with Crippen molar-refractivity contribution in [3.8, 4) is 5.75 Å².